The minimum absolute atomic E-state index is 0.122. The van der Waals surface area contributed by atoms with Gasteiger partial charge < -0.3 is 20.9 Å². The highest BCUT2D eigenvalue weighted by Crippen LogP contribution is 2.31. The maximum absolute atomic E-state index is 12.7. The molecule has 2 aromatic heterocycles. The molecule has 2 aromatic rings. The van der Waals surface area contributed by atoms with Crippen molar-refractivity contribution in [3.63, 3.8) is 0 Å². The van der Waals surface area contributed by atoms with E-state index in [1.54, 1.807) is 30.2 Å². The lowest BCUT2D eigenvalue weighted by molar-refractivity contribution is -0.137. The molecule has 1 fully saturated rings. The van der Waals surface area contributed by atoms with E-state index in [4.69, 9.17) is 0 Å². The first-order valence-electron chi connectivity index (χ1n) is 9.45. The van der Waals surface area contributed by atoms with E-state index < -0.39 is 11.7 Å². The maximum atomic E-state index is 12.7. The van der Waals surface area contributed by atoms with Gasteiger partial charge in [-0.15, -0.1) is 11.3 Å². The number of hydrogen-bond donors (Lipinski definition) is 3. The van der Waals surface area contributed by atoms with Gasteiger partial charge in [0, 0.05) is 31.0 Å². The van der Waals surface area contributed by atoms with Crippen molar-refractivity contribution in [2.24, 2.45) is 0 Å². The predicted molar refractivity (Wildman–Crippen MR) is 109 cm³/mol. The summed E-state index contributed by atoms with van der Waals surface area (Å²) in [5.41, 5.74) is 0.557. The molecule has 4 rings (SSSR count). The summed E-state index contributed by atoms with van der Waals surface area (Å²) in [6, 6.07) is 2.77. The smallest absolute Gasteiger partial charge is 0.256 e. The van der Waals surface area contributed by atoms with Crippen LogP contribution < -0.4 is 16.0 Å². The molecule has 2 unspecified atom stereocenters. The van der Waals surface area contributed by atoms with Crippen LogP contribution in [0.1, 0.15) is 42.2 Å². The van der Waals surface area contributed by atoms with E-state index in [0.717, 1.165) is 5.69 Å². The molecule has 9 nitrogen and oxygen atoms in total. The Kier molecular flexibility index (Phi) is 4.95. The Morgan fingerprint density at radius 2 is 2.17 bits per heavy atom. The Bertz CT molecular complexity index is 976. The molecule has 0 bridgehead atoms. The highest BCUT2D eigenvalue weighted by molar-refractivity contribution is 7.13. The second-order valence-corrected chi connectivity index (χ2v) is 8.22. The van der Waals surface area contributed by atoms with Gasteiger partial charge in [0.15, 0.2) is 5.13 Å². The Morgan fingerprint density at radius 3 is 2.93 bits per heavy atom. The molecule has 3 N–H and O–H groups in total. The fourth-order valence-electron chi connectivity index (χ4n) is 3.68. The van der Waals surface area contributed by atoms with Crippen LogP contribution in [-0.4, -0.2) is 50.8 Å². The summed E-state index contributed by atoms with van der Waals surface area (Å²) < 4.78 is 0. The summed E-state index contributed by atoms with van der Waals surface area (Å²) in [6.07, 6.45) is 2.72. The molecule has 29 heavy (non-hydrogen) atoms. The lowest BCUT2D eigenvalue weighted by Crippen LogP contribution is -2.58. The predicted octanol–water partition coefficient (Wildman–Crippen LogP) is 1.74. The summed E-state index contributed by atoms with van der Waals surface area (Å²) >= 11 is 1.35. The summed E-state index contributed by atoms with van der Waals surface area (Å²) in [7, 11) is 0. The minimum atomic E-state index is -0.758. The van der Waals surface area contributed by atoms with Crippen LogP contribution in [0.3, 0.4) is 0 Å². The van der Waals surface area contributed by atoms with Crippen LogP contribution in [0.5, 0.6) is 0 Å². The summed E-state index contributed by atoms with van der Waals surface area (Å²) in [6.45, 7) is 3.89. The van der Waals surface area contributed by atoms with Crippen molar-refractivity contribution in [2.45, 2.75) is 44.8 Å². The highest BCUT2D eigenvalue weighted by atomic mass is 32.1. The largest absolute Gasteiger partial charge is 0.347 e. The zero-order chi connectivity index (χ0) is 20.6. The van der Waals surface area contributed by atoms with Crippen molar-refractivity contribution in [3.8, 4) is 0 Å². The number of thiazole rings is 1. The molecule has 0 aliphatic carbocycles. The van der Waals surface area contributed by atoms with E-state index in [-0.39, 0.29) is 24.1 Å². The lowest BCUT2D eigenvalue weighted by Gasteiger charge is -2.39. The number of nitrogens with zero attached hydrogens (tertiary/aromatic N) is 3. The third-order valence-electron chi connectivity index (χ3n) is 5.32. The van der Waals surface area contributed by atoms with Crippen molar-refractivity contribution >= 4 is 40.0 Å². The third kappa shape index (κ3) is 3.80. The van der Waals surface area contributed by atoms with Crippen molar-refractivity contribution < 1.29 is 14.4 Å². The van der Waals surface area contributed by atoms with Crippen molar-refractivity contribution in [3.05, 3.63) is 35.0 Å². The van der Waals surface area contributed by atoms with Crippen molar-refractivity contribution in [1.82, 2.24) is 20.2 Å². The number of amides is 3. The molecule has 0 saturated carbocycles. The Labute approximate surface area is 171 Å². The number of rotatable bonds is 3. The van der Waals surface area contributed by atoms with Gasteiger partial charge in [-0.05, 0) is 32.4 Å². The quantitative estimate of drug-likeness (QED) is 0.704. The van der Waals surface area contributed by atoms with Crippen molar-refractivity contribution in [1.29, 1.82) is 0 Å². The van der Waals surface area contributed by atoms with E-state index in [2.05, 4.69) is 25.9 Å². The average Bonchev–Trinajstić information content (AvgIpc) is 3.04. The molecular formula is C19H22N6O3S. The molecule has 0 aromatic carbocycles. The Balaban J connectivity index is 1.48. The van der Waals surface area contributed by atoms with Gasteiger partial charge in [0.25, 0.3) is 5.91 Å². The first-order valence-corrected chi connectivity index (χ1v) is 10.3. The highest BCUT2D eigenvalue weighted by Gasteiger charge is 2.42. The van der Waals surface area contributed by atoms with Crippen LogP contribution in [0.25, 0.3) is 0 Å². The van der Waals surface area contributed by atoms with Gasteiger partial charge >= 0.3 is 0 Å². The molecule has 1 saturated heterocycles. The standard InChI is InChI=1S/C19H22N6O3S/c1-11-10-29-18(21-11)22-16(27)12(2)25-9-7-19(6-5-14(25)26)23-15-13(17(28)24-19)4-3-8-20-15/h3-4,8,10,12H,5-7,9H2,1-2H3,(H,20,23)(H,24,28)(H,21,22,27). The van der Waals surface area contributed by atoms with E-state index in [0.29, 0.717) is 35.9 Å². The molecule has 1 spiro atoms. The first kappa shape index (κ1) is 19.3. The number of aromatic nitrogens is 2. The van der Waals surface area contributed by atoms with Crippen LogP contribution in [0.2, 0.25) is 0 Å². The summed E-state index contributed by atoms with van der Waals surface area (Å²) in [4.78, 5) is 48.0. The van der Waals surface area contributed by atoms with E-state index in [1.165, 1.54) is 11.3 Å². The minimum Gasteiger partial charge on any atom is -0.347 e. The van der Waals surface area contributed by atoms with Crippen molar-refractivity contribution in [2.75, 3.05) is 17.2 Å². The molecule has 3 amide bonds. The third-order valence-corrected chi connectivity index (χ3v) is 6.20. The number of fused-ring (bicyclic) bond motifs is 1. The van der Waals surface area contributed by atoms with Gasteiger partial charge in [-0.2, -0.15) is 0 Å². The van der Waals surface area contributed by atoms with E-state index in [9.17, 15) is 14.4 Å². The number of carbonyl (C=O) groups is 3. The molecule has 2 atom stereocenters. The first-order chi connectivity index (χ1) is 13.9. The zero-order valence-corrected chi connectivity index (χ0v) is 17.0. The number of hydrogen-bond acceptors (Lipinski definition) is 7. The number of aryl methyl sites for hydroxylation is 1. The number of pyridine rings is 1. The van der Waals surface area contributed by atoms with Crippen LogP contribution in [-0.2, 0) is 9.59 Å². The monoisotopic (exact) mass is 414 g/mol. The van der Waals surface area contributed by atoms with Gasteiger partial charge in [0.1, 0.15) is 17.5 Å². The van der Waals surface area contributed by atoms with Gasteiger partial charge in [0.05, 0.1) is 11.3 Å². The van der Waals surface area contributed by atoms with E-state index in [1.807, 2.05) is 12.3 Å². The molecule has 10 heteroatoms. The summed E-state index contributed by atoms with van der Waals surface area (Å²) in [5, 5.41) is 11.4. The second-order valence-electron chi connectivity index (χ2n) is 7.36. The zero-order valence-electron chi connectivity index (χ0n) is 16.2. The molecule has 0 radical (unpaired) electrons. The molecule has 152 valence electrons. The fourth-order valence-corrected chi connectivity index (χ4v) is 4.37. The fraction of sp³-hybridized carbons (Fsp3) is 0.421. The van der Waals surface area contributed by atoms with Crippen LogP contribution >= 0.6 is 11.3 Å². The van der Waals surface area contributed by atoms with Gasteiger partial charge in [-0.25, -0.2) is 9.97 Å². The second kappa shape index (κ2) is 7.43. The number of anilines is 2. The normalized spacial score (nSPS) is 22.3. The molecular weight excluding hydrogens is 392 g/mol. The molecule has 2 aliphatic heterocycles. The summed E-state index contributed by atoms with van der Waals surface area (Å²) in [5.74, 6) is -0.0984. The number of carbonyl (C=O) groups excluding carboxylic acids is 3. The Morgan fingerprint density at radius 1 is 1.34 bits per heavy atom. The van der Waals surface area contributed by atoms with Crippen LogP contribution in [0.15, 0.2) is 23.7 Å². The van der Waals surface area contributed by atoms with Gasteiger partial charge in [-0.3, -0.25) is 14.4 Å². The lowest BCUT2D eigenvalue weighted by atomic mass is 9.97. The topological polar surface area (TPSA) is 116 Å². The Hall–Kier alpha value is -3.01. The average molecular weight is 414 g/mol. The molecule has 2 aliphatic rings. The van der Waals surface area contributed by atoms with E-state index >= 15 is 0 Å². The molecule has 4 heterocycles. The van der Waals surface area contributed by atoms with Gasteiger partial charge in [0.2, 0.25) is 11.8 Å². The SMILES string of the molecule is Cc1csc(NC(=O)C(C)N2CCC3(CCC2=O)NC(=O)c2cccnc2N3)n1. The van der Waals surface area contributed by atoms with Gasteiger partial charge in [-0.1, -0.05) is 0 Å². The van der Waals surface area contributed by atoms with Crippen LogP contribution in [0, 0.1) is 6.92 Å². The number of likely N-dealkylation sites (tertiary alicyclic amines) is 1. The number of nitrogens with one attached hydrogen (secondary N) is 3. The van der Waals surface area contributed by atoms with Crippen LogP contribution in [0.4, 0.5) is 10.9 Å². The maximum Gasteiger partial charge on any atom is 0.256 e.